The second-order valence-electron chi connectivity index (χ2n) is 7.06. The van der Waals surface area contributed by atoms with E-state index in [1.54, 1.807) is 6.20 Å². The predicted molar refractivity (Wildman–Crippen MR) is 98.2 cm³/mol. The highest BCUT2D eigenvalue weighted by Crippen LogP contribution is 2.37. The molecule has 0 bridgehead atoms. The predicted octanol–water partition coefficient (Wildman–Crippen LogP) is 2.77. The van der Waals surface area contributed by atoms with Crippen LogP contribution < -0.4 is 20.1 Å². The van der Waals surface area contributed by atoms with Crippen molar-refractivity contribution in [3.8, 4) is 22.6 Å². The normalized spacial score (nSPS) is 20.0. The maximum absolute atomic E-state index is 12.5. The van der Waals surface area contributed by atoms with Crippen molar-refractivity contribution in [1.29, 1.82) is 0 Å². The molecule has 2 aliphatic rings. The van der Waals surface area contributed by atoms with Gasteiger partial charge < -0.3 is 20.1 Å². The van der Waals surface area contributed by atoms with Gasteiger partial charge in [-0.1, -0.05) is 13.0 Å². The molecule has 3 N–H and O–H groups in total. The minimum Gasteiger partial charge on any atom is -0.454 e. The number of carbonyl (C=O) groups is 1. The lowest BCUT2D eigenvalue weighted by Crippen LogP contribution is -2.34. The summed E-state index contributed by atoms with van der Waals surface area (Å²) in [6.45, 7) is 4.48. The summed E-state index contributed by atoms with van der Waals surface area (Å²) < 4.78 is 10.8. The summed E-state index contributed by atoms with van der Waals surface area (Å²) >= 11 is 0. The van der Waals surface area contributed by atoms with Gasteiger partial charge in [0.15, 0.2) is 11.5 Å². The molecule has 2 unspecified atom stereocenters. The van der Waals surface area contributed by atoms with E-state index in [1.807, 2.05) is 18.2 Å². The fourth-order valence-electron chi connectivity index (χ4n) is 3.68. The van der Waals surface area contributed by atoms with E-state index in [0.717, 1.165) is 30.0 Å². The van der Waals surface area contributed by atoms with Crippen molar-refractivity contribution >= 4 is 11.7 Å². The summed E-state index contributed by atoms with van der Waals surface area (Å²) in [5.41, 5.74) is 1.76. The molecule has 7 heteroatoms. The minimum absolute atomic E-state index is 0.00863. The van der Waals surface area contributed by atoms with Gasteiger partial charge in [0.2, 0.25) is 12.7 Å². The number of piperidine rings is 1. The number of rotatable bonds is 5. The van der Waals surface area contributed by atoms with Crippen molar-refractivity contribution < 1.29 is 14.3 Å². The number of anilines is 1. The molecule has 7 nitrogen and oxygen atoms in total. The molecule has 1 saturated heterocycles. The molecule has 0 spiro atoms. The average Bonchev–Trinajstić information content (AvgIpc) is 3.30. The van der Waals surface area contributed by atoms with Gasteiger partial charge in [-0.3, -0.25) is 9.89 Å². The van der Waals surface area contributed by atoms with Crippen molar-refractivity contribution in [3.63, 3.8) is 0 Å². The summed E-state index contributed by atoms with van der Waals surface area (Å²) in [6.07, 6.45) is 4.59. The highest BCUT2D eigenvalue weighted by molar-refractivity contribution is 5.94. The Kier molecular flexibility index (Phi) is 4.79. The van der Waals surface area contributed by atoms with Crippen LogP contribution in [-0.2, 0) is 4.79 Å². The van der Waals surface area contributed by atoms with Crippen molar-refractivity contribution in [1.82, 2.24) is 15.5 Å². The lowest BCUT2D eigenvalue weighted by Gasteiger charge is -2.27. The molecule has 1 aromatic carbocycles. The van der Waals surface area contributed by atoms with Crippen LogP contribution in [0.1, 0.15) is 26.2 Å². The first kappa shape index (κ1) is 16.9. The van der Waals surface area contributed by atoms with E-state index in [9.17, 15) is 4.79 Å². The molecule has 1 aromatic heterocycles. The number of ether oxygens (including phenoxy) is 2. The van der Waals surface area contributed by atoms with Crippen LogP contribution in [0.2, 0.25) is 0 Å². The number of nitrogens with one attached hydrogen (secondary N) is 3. The zero-order chi connectivity index (χ0) is 17.9. The molecule has 138 valence electrons. The van der Waals surface area contributed by atoms with E-state index in [-0.39, 0.29) is 12.7 Å². The number of H-pyrrole nitrogens is 1. The molecular formula is C19H24N4O3. The van der Waals surface area contributed by atoms with Crippen LogP contribution in [-0.4, -0.2) is 36.0 Å². The molecule has 3 heterocycles. The number of amides is 1. The van der Waals surface area contributed by atoms with E-state index in [4.69, 9.17) is 9.47 Å². The van der Waals surface area contributed by atoms with Crippen LogP contribution in [0.3, 0.4) is 0 Å². The van der Waals surface area contributed by atoms with Gasteiger partial charge in [-0.15, -0.1) is 0 Å². The second-order valence-corrected chi connectivity index (χ2v) is 7.06. The number of fused-ring (bicyclic) bond motifs is 1. The zero-order valence-corrected chi connectivity index (χ0v) is 14.9. The third-order valence-electron chi connectivity index (χ3n) is 5.23. The molecule has 2 atom stereocenters. The zero-order valence-electron chi connectivity index (χ0n) is 14.9. The standard InChI is InChI=1S/C19H24N4O3/c1-12(14-3-2-6-20-9-14)7-18(24)22-19-15(10-21-23-19)13-4-5-16-17(8-13)26-11-25-16/h4-5,8,10,12,14,20H,2-3,6-7,9,11H2,1H3,(H2,21,22,23,24). The summed E-state index contributed by atoms with van der Waals surface area (Å²) in [7, 11) is 0. The molecule has 2 aromatic rings. The Morgan fingerprint density at radius 3 is 3.12 bits per heavy atom. The summed E-state index contributed by atoms with van der Waals surface area (Å²) in [5, 5.41) is 13.4. The highest BCUT2D eigenvalue weighted by atomic mass is 16.7. The van der Waals surface area contributed by atoms with E-state index in [2.05, 4.69) is 27.8 Å². The first-order valence-corrected chi connectivity index (χ1v) is 9.14. The van der Waals surface area contributed by atoms with Gasteiger partial charge in [0.1, 0.15) is 5.82 Å². The first-order chi connectivity index (χ1) is 12.7. The van der Waals surface area contributed by atoms with E-state index in [0.29, 0.717) is 29.8 Å². The lowest BCUT2D eigenvalue weighted by molar-refractivity contribution is -0.117. The monoisotopic (exact) mass is 356 g/mol. The number of hydrogen-bond donors (Lipinski definition) is 3. The third-order valence-corrected chi connectivity index (χ3v) is 5.23. The van der Waals surface area contributed by atoms with Crippen LogP contribution >= 0.6 is 0 Å². The van der Waals surface area contributed by atoms with Crippen LogP contribution in [0.4, 0.5) is 5.82 Å². The topological polar surface area (TPSA) is 88.3 Å². The van der Waals surface area contributed by atoms with Crippen LogP contribution in [0.15, 0.2) is 24.4 Å². The maximum Gasteiger partial charge on any atom is 0.231 e. The SMILES string of the molecule is CC(CC(=O)Nc1[nH]ncc1-c1ccc2c(c1)OCO2)C1CCCNC1. The summed E-state index contributed by atoms with van der Waals surface area (Å²) in [6, 6.07) is 5.71. The fourth-order valence-corrected chi connectivity index (χ4v) is 3.68. The molecule has 0 saturated carbocycles. The largest absolute Gasteiger partial charge is 0.454 e. The molecule has 1 fully saturated rings. The van der Waals surface area contributed by atoms with Crippen LogP contribution in [0.25, 0.3) is 11.1 Å². The van der Waals surface area contributed by atoms with Gasteiger partial charge in [0.25, 0.3) is 0 Å². The van der Waals surface area contributed by atoms with Gasteiger partial charge in [-0.05, 0) is 55.5 Å². The number of aromatic amines is 1. The fraction of sp³-hybridized carbons (Fsp3) is 0.474. The number of hydrogen-bond acceptors (Lipinski definition) is 5. The lowest BCUT2D eigenvalue weighted by atomic mass is 9.85. The van der Waals surface area contributed by atoms with E-state index < -0.39 is 0 Å². The highest BCUT2D eigenvalue weighted by Gasteiger charge is 2.23. The summed E-state index contributed by atoms with van der Waals surface area (Å²) in [5.74, 6) is 2.97. The maximum atomic E-state index is 12.5. The number of benzene rings is 1. The van der Waals surface area contributed by atoms with Gasteiger partial charge in [0.05, 0.1) is 6.20 Å². The van der Waals surface area contributed by atoms with E-state index >= 15 is 0 Å². The van der Waals surface area contributed by atoms with Crippen molar-refractivity contribution in [2.75, 3.05) is 25.2 Å². The van der Waals surface area contributed by atoms with E-state index in [1.165, 1.54) is 12.8 Å². The Labute approximate surface area is 152 Å². The van der Waals surface area contributed by atoms with Gasteiger partial charge in [0, 0.05) is 12.0 Å². The molecule has 4 rings (SSSR count). The first-order valence-electron chi connectivity index (χ1n) is 9.14. The Hall–Kier alpha value is -2.54. The quantitative estimate of drug-likeness (QED) is 0.767. The van der Waals surface area contributed by atoms with Crippen molar-refractivity contribution in [2.24, 2.45) is 11.8 Å². The van der Waals surface area contributed by atoms with Gasteiger partial charge in [-0.2, -0.15) is 5.10 Å². The molecule has 2 aliphatic heterocycles. The van der Waals surface area contributed by atoms with Crippen LogP contribution in [0, 0.1) is 11.8 Å². The molecule has 26 heavy (non-hydrogen) atoms. The Balaban J connectivity index is 1.43. The smallest absolute Gasteiger partial charge is 0.231 e. The molecular weight excluding hydrogens is 332 g/mol. The number of aromatic nitrogens is 2. The Bertz CT molecular complexity index is 783. The Morgan fingerprint density at radius 2 is 2.27 bits per heavy atom. The van der Waals surface area contributed by atoms with Crippen molar-refractivity contribution in [2.45, 2.75) is 26.2 Å². The molecule has 0 radical (unpaired) electrons. The number of carbonyl (C=O) groups excluding carboxylic acids is 1. The molecule has 1 amide bonds. The van der Waals surface area contributed by atoms with Crippen LogP contribution in [0.5, 0.6) is 11.5 Å². The Morgan fingerprint density at radius 1 is 1.38 bits per heavy atom. The summed E-state index contributed by atoms with van der Waals surface area (Å²) in [4.78, 5) is 12.5. The number of nitrogens with zero attached hydrogens (tertiary/aromatic N) is 1. The van der Waals surface area contributed by atoms with Gasteiger partial charge in [-0.25, -0.2) is 0 Å². The second kappa shape index (κ2) is 7.37. The third kappa shape index (κ3) is 3.53. The average molecular weight is 356 g/mol. The minimum atomic E-state index is 0.00863. The van der Waals surface area contributed by atoms with Crippen molar-refractivity contribution in [3.05, 3.63) is 24.4 Å². The van der Waals surface area contributed by atoms with Gasteiger partial charge >= 0.3 is 0 Å². The molecule has 0 aliphatic carbocycles.